The van der Waals surface area contributed by atoms with Crippen LogP contribution in [0.2, 0.25) is 0 Å². The van der Waals surface area contributed by atoms with Crippen molar-refractivity contribution >= 4 is 5.78 Å². The Morgan fingerprint density at radius 2 is 2.00 bits per heavy atom. The Bertz CT molecular complexity index is 410. The molecule has 0 saturated heterocycles. The van der Waals surface area contributed by atoms with Crippen LogP contribution in [0.15, 0.2) is 4.52 Å². The fraction of sp³-hybridized carbons (Fsp3) is 0.750. The summed E-state index contributed by atoms with van der Waals surface area (Å²) in [6.45, 7) is 2.17. The molecule has 0 spiro atoms. The van der Waals surface area contributed by atoms with Crippen LogP contribution in [0.5, 0.6) is 0 Å². The molecule has 0 atom stereocenters. The molecule has 1 aromatic rings. The van der Waals surface area contributed by atoms with E-state index in [1.165, 1.54) is 0 Å². The second-order valence-electron chi connectivity index (χ2n) is 5.33. The maximum Gasteiger partial charge on any atom is 0.229 e. The van der Waals surface area contributed by atoms with Gasteiger partial charge in [0.1, 0.15) is 5.78 Å². The minimum absolute atomic E-state index is 0.173. The molecule has 0 bridgehead atoms. The first kappa shape index (κ1) is 10.00. The van der Waals surface area contributed by atoms with E-state index in [9.17, 15) is 4.79 Å². The lowest BCUT2D eigenvalue weighted by Crippen LogP contribution is -2.13. The van der Waals surface area contributed by atoms with Gasteiger partial charge in [-0.2, -0.15) is 4.98 Å². The number of hydrogen-bond donors (Lipinski definition) is 0. The molecule has 0 unspecified atom stereocenters. The molecule has 4 nitrogen and oxygen atoms in total. The summed E-state index contributed by atoms with van der Waals surface area (Å²) < 4.78 is 5.33. The normalized spacial score (nSPS) is 24.7. The van der Waals surface area contributed by atoms with Crippen LogP contribution >= 0.6 is 0 Å². The van der Waals surface area contributed by atoms with Crippen molar-refractivity contribution in [3.8, 4) is 0 Å². The summed E-state index contributed by atoms with van der Waals surface area (Å²) in [5.41, 5.74) is 0.173. The van der Waals surface area contributed by atoms with Crippen molar-refractivity contribution in [1.82, 2.24) is 10.1 Å². The van der Waals surface area contributed by atoms with Gasteiger partial charge in [-0.15, -0.1) is 0 Å². The lowest BCUT2D eigenvalue weighted by Gasteiger charge is -2.16. The van der Waals surface area contributed by atoms with Gasteiger partial charge in [0, 0.05) is 24.2 Å². The fourth-order valence-corrected chi connectivity index (χ4v) is 2.24. The topological polar surface area (TPSA) is 56.0 Å². The SMILES string of the molecule is CC1(c2noc(C3CCC(=O)CC3)n2)CC1. The molecule has 0 aliphatic heterocycles. The number of aromatic nitrogens is 2. The number of ketones is 1. The summed E-state index contributed by atoms with van der Waals surface area (Å²) in [5.74, 6) is 2.28. The van der Waals surface area contributed by atoms with Gasteiger partial charge in [0.15, 0.2) is 5.82 Å². The Balaban J connectivity index is 1.75. The van der Waals surface area contributed by atoms with Gasteiger partial charge in [-0.25, -0.2) is 0 Å². The van der Waals surface area contributed by atoms with Crippen LogP contribution in [-0.2, 0) is 10.2 Å². The zero-order chi connectivity index (χ0) is 11.2. The number of rotatable bonds is 2. The first-order valence-electron chi connectivity index (χ1n) is 6.03. The molecule has 2 saturated carbocycles. The van der Waals surface area contributed by atoms with Crippen molar-refractivity contribution in [2.75, 3.05) is 0 Å². The second kappa shape index (κ2) is 3.40. The maximum absolute atomic E-state index is 11.1. The summed E-state index contributed by atoms with van der Waals surface area (Å²) in [6, 6.07) is 0. The van der Waals surface area contributed by atoms with Gasteiger partial charge in [0.05, 0.1) is 0 Å². The van der Waals surface area contributed by atoms with E-state index in [-0.39, 0.29) is 5.41 Å². The summed E-state index contributed by atoms with van der Waals surface area (Å²) >= 11 is 0. The molecule has 1 heterocycles. The Hall–Kier alpha value is -1.19. The van der Waals surface area contributed by atoms with Crippen LogP contribution in [0.25, 0.3) is 0 Å². The highest BCUT2D eigenvalue weighted by atomic mass is 16.5. The van der Waals surface area contributed by atoms with Gasteiger partial charge in [-0.1, -0.05) is 12.1 Å². The average Bonchev–Trinajstić information content (AvgIpc) is 2.84. The fourth-order valence-electron chi connectivity index (χ4n) is 2.24. The van der Waals surface area contributed by atoms with Gasteiger partial charge in [0.25, 0.3) is 0 Å². The smallest absolute Gasteiger partial charge is 0.229 e. The van der Waals surface area contributed by atoms with Crippen LogP contribution in [0.4, 0.5) is 0 Å². The Morgan fingerprint density at radius 1 is 1.31 bits per heavy atom. The van der Waals surface area contributed by atoms with E-state index in [0.717, 1.165) is 37.4 Å². The van der Waals surface area contributed by atoms with Crippen molar-refractivity contribution in [3.63, 3.8) is 0 Å². The minimum Gasteiger partial charge on any atom is -0.339 e. The molecule has 2 aliphatic rings. The molecule has 0 N–H and O–H groups in total. The van der Waals surface area contributed by atoms with E-state index in [4.69, 9.17) is 4.52 Å². The molecule has 0 radical (unpaired) electrons. The zero-order valence-corrected chi connectivity index (χ0v) is 9.53. The van der Waals surface area contributed by atoms with Crippen molar-refractivity contribution in [1.29, 1.82) is 0 Å². The maximum atomic E-state index is 11.1. The van der Waals surface area contributed by atoms with Crippen LogP contribution in [0, 0.1) is 0 Å². The molecule has 16 heavy (non-hydrogen) atoms. The van der Waals surface area contributed by atoms with E-state index < -0.39 is 0 Å². The summed E-state index contributed by atoms with van der Waals surface area (Å²) in [6.07, 6.45) is 5.40. The quantitative estimate of drug-likeness (QED) is 0.767. The summed E-state index contributed by atoms with van der Waals surface area (Å²) in [5, 5.41) is 4.07. The molecule has 86 valence electrons. The standard InChI is InChI=1S/C12H16N2O2/c1-12(6-7-12)11-13-10(16-14-11)8-2-4-9(15)5-3-8/h8H,2-7H2,1H3. The van der Waals surface area contributed by atoms with Gasteiger partial charge in [-0.05, 0) is 25.7 Å². The molecular formula is C12H16N2O2. The Kier molecular flexibility index (Phi) is 2.13. The number of carbonyl (C=O) groups is 1. The molecule has 2 fully saturated rings. The third-order valence-electron chi connectivity index (χ3n) is 3.87. The van der Waals surface area contributed by atoms with Crippen LogP contribution in [0.3, 0.4) is 0 Å². The third kappa shape index (κ3) is 1.66. The average molecular weight is 220 g/mol. The van der Waals surface area contributed by atoms with Crippen LogP contribution < -0.4 is 0 Å². The van der Waals surface area contributed by atoms with Gasteiger partial charge in [0.2, 0.25) is 5.89 Å². The van der Waals surface area contributed by atoms with Crippen molar-refractivity contribution in [2.24, 2.45) is 0 Å². The van der Waals surface area contributed by atoms with Crippen LogP contribution in [-0.4, -0.2) is 15.9 Å². The van der Waals surface area contributed by atoms with Crippen molar-refractivity contribution in [2.45, 2.75) is 56.8 Å². The predicted molar refractivity (Wildman–Crippen MR) is 57.1 cm³/mol. The first-order valence-corrected chi connectivity index (χ1v) is 6.03. The molecule has 0 aromatic carbocycles. The molecule has 1 aromatic heterocycles. The van der Waals surface area contributed by atoms with Crippen molar-refractivity contribution in [3.05, 3.63) is 11.7 Å². The summed E-state index contributed by atoms with van der Waals surface area (Å²) in [4.78, 5) is 15.7. The lowest BCUT2D eigenvalue weighted by molar-refractivity contribution is -0.120. The molecule has 3 rings (SSSR count). The van der Waals surface area contributed by atoms with Gasteiger partial charge >= 0.3 is 0 Å². The number of nitrogens with zero attached hydrogens (tertiary/aromatic N) is 2. The molecule has 2 aliphatic carbocycles. The predicted octanol–water partition coefficient (Wildman–Crippen LogP) is 2.35. The first-order chi connectivity index (χ1) is 7.67. The van der Waals surface area contributed by atoms with Crippen molar-refractivity contribution < 1.29 is 9.32 Å². The number of hydrogen-bond acceptors (Lipinski definition) is 4. The Labute approximate surface area is 94.4 Å². The van der Waals surface area contributed by atoms with Gasteiger partial charge in [-0.3, -0.25) is 4.79 Å². The molecular weight excluding hydrogens is 204 g/mol. The highest BCUT2D eigenvalue weighted by Gasteiger charge is 2.44. The van der Waals surface area contributed by atoms with Crippen LogP contribution in [0.1, 0.15) is 63.1 Å². The van der Waals surface area contributed by atoms with E-state index in [0.29, 0.717) is 24.5 Å². The number of carbonyl (C=O) groups excluding carboxylic acids is 1. The molecule has 0 amide bonds. The van der Waals surface area contributed by atoms with E-state index >= 15 is 0 Å². The van der Waals surface area contributed by atoms with Gasteiger partial charge < -0.3 is 4.52 Å². The highest BCUT2D eigenvalue weighted by molar-refractivity contribution is 5.79. The summed E-state index contributed by atoms with van der Waals surface area (Å²) in [7, 11) is 0. The monoisotopic (exact) mass is 220 g/mol. The highest BCUT2D eigenvalue weighted by Crippen LogP contribution is 2.46. The zero-order valence-electron chi connectivity index (χ0n) is 9.53. The largest absolute Gasteiger partial charge is 0.339 e. The van der Waals surface area contributed by atoms with E-state index in [1.54, 1.807) is 0 Å². The lowest BCUT2D eigenvalue weighted by atomic mass is 9.88. The third-order valence-corrected chi connectivity index (χ3v) is 3.87. The Morgan fingerprint density at radius 3 is 2.62 bits per heavy atom. The second-order valence-corrected chi connectivity index (χ2v) is 5.33. The van der Waals surface area contributed by atoms with E-state index in [2.05, 4.69) is 17.1 Å². The number of Topliss-reactive ketones (excluding diaryl/α,β-unsaturated/α-hetero) is 1. The molecule has 4 heteroatoms. The minimum atomic E-state index is 0.173. The van der Waals surface area contributed by atoms with E-state index in [1.807, 2.05) is 0 Å².